The van der Waals surface area contributed by atoms with Crippen LogP contribution in [-0.4, -0.2) is 20.5 Å². The Morgan fingerprint density at radius 3 is 2.18 bits per heavy atom. The molecule has 116 valence electrons. The molecule has 0 amide bonds. The lowest BCUT2D eigenvalue weighted by Gasteiger charge is -2.18. The first-order chi connectivity index (χ1) is 10.5. The van der Waals surface area contributed by atoms with Gasteiger partial charge in [0.15, 0.2) is 0 Å². The average molecular weight is 298 g/mol. The quantitative estimate of drug-likeness (QED) is 0.756. The number of ether oxygens (including phenoxy) is 2. The summed E-state index contributed by atoms with van der Waals surface area (Å²) >= 11 is 0. The van der Waals surface area contributed by atoms with Gasteiger partial charge in [-0.15, -0.1) is 0 Å². The summed E-state index contributed by atoms with van der Waals surface area (Å²) in [5, 5.41) is 0. The summed E-state index contributed by atoms with van der Waals surface area (Å²) in [5.41, 5.74) is 4.85. The maximum Gasteiger partial charge on any atom is 0.150 e. The number of rotatable bonds is 5. The third-order valence-electron chi connectivity index (χ3n) is 3.85. The Morgan fingerprint density at radius 2 is 1.64 bits per heavy atom. The summed E-state index contributed by atoms with van der Waals surface area (Å²) in [6.07, 6.45) is 0.852. The zero-order valence-electron chi connectivity index (χ0n) is 13.8. The number of methoxy groups -OCH3 is 2. The second-order valence-corrected chi connectivity index (χ2v) is 5.64. The van der Waals surface area contributed by atoms with E-state index in [1.165, 1.54) is 0 Å². The van der Waals surface area contributed by atoms with Gasteiger partial charge in [-0.2, -0.15) is 0 Å². The van der Waals surface area contributed by atoms with Crippen LogP contribution in [0, 0.1) is 6.92 Å². The summed E-state index contributed by atoms with van der Waals surface area (Å²) in [7, 11) is 3.33. The highest BCUT2D eigenvalue weighted by Gasteiger charge is 2.15. The number of carbonyl (C=O) groups excluding carboxylic acids is 1. The van der Waals surface area contributed by atoms with Crippen molar-refractivity contribution in [1.29, 1.82) is 0 Å². The summed E-state index contributed by atoms with van der Waals surface area (Å²) in [6, 6.07) is 9.63. The van der Waals surface area contributed by atoms with Crippen molar-refractivity contribution < 1.29 is 14.3 Å². The van der Waals surface area contributed by atoms with Crippen molar-refractivity contribution >= 4 is 6.29 Å². The van der Waals surface area contributed by atoms with Crippen molar-refractivity contribution in [2.24, 2.45) is 0 Å². The van der Waals surface area contributed by atoms with E-state index in [4.69, 9.17) is 9.47 Å². The number of hydrogen-bond acceptors (Lipinski definition) is 3. The van der Waals surface area contributed by atoms with Gasteiger partial charge in [-0.3, -0.25) is 4.79 Å². The van der Waals surface area contributed by atoms with Crippen molar-refractivity contribution in [1.82, 2.24) is 0 Å². The van der Waals surface area contributed by atoms with Gasteiger partial charge in [0.05, 0.1) is 14.2 Å². The van der Waals surface area contributed by atoms with E-state index in [2.05, 4.69) is 19.9 Å². The fraction of sp³-hybridized carbons (Fsp3) is 0.316. The lowest BCUT2D eigenvalue weighted by Crippen LogP contribution is -1.98. The highest BCUT2D eigenvalue weighted by Crippen LogP contribution is 2.38. The van der Waals surface area contributed by atoms with E-state index in [1.54, 1.807) is 20.3 Å². The first-order valence-corrected chi connectivity index (χ1v) is 7.34. The van der Waals surface area contributed by atoms with Crippen LogP contribution in [0.15, 0.2) is 30.3 Å². The van der Waals surface area contributed by atoms with E-state index in [0.717, 1.165) is 40.0 Å². The van der Waals surface area contributed by atoms with Crippen LogP contribution in [0.4, 0.5) is 0 Å². The number of aryl methyl sites for hydroxylation is 1. The Morgan fingerprint density at radius 1 is 0.955 bits per heavy atom. The Kier molecular flexibility index (Phi) is 4.86. The molecule has 0 aliphatic heterocycles. The molecular formula is C19H22O3. The van der Waals surface area contributed by atoms with E-state index < -0.39 is 0 Å². The van der Waals surface area contributed by atoms with Gasteiger partial charge < -0.3 is 9.47 Å². The van der Waals surface area contributed by atoms with Crippen molar-refractivity contribution in [3.8, 4) is 22.6 Å². The molecule has 0 fully saturated rings. The van der Waals surface area contributed by atoms with Gasteiger partial charge in [-0.05, 0) is 59.9 Å². The number of benzene rings is 2. The van der Waals surface area contributed by atoms with Crippen LogP contribution >= 0.6 is 0 Å². The number of carbonyl (C=O) groups is 1. The van der Waals surface area contributed by atoms with Crippen LogP contribution in [0.1, 0.15) is 41.3 Å². The Hall–Kier alpha value is -2.29. The molecule has 0 spiro atoms. The monoisotopic (exact) mass is 298 g/mol. The average Bonchev–Trinajstić information content (AvgIpc) is 2.53. The standard InChI is InChI=1S/C19H22O3/c1-12(2)15-10-16(13(3)8-19(15)22-5)17-9-14(11-20)6-7-18(17)21-4/h6-12H,1-5H3. The lowest BCUT2D eigenvalue weighted by atomic mass is 9.92. The van der Waals surface area contributed by atoms with Crippen LogP contribution in [-0.2, 0) is 0 Å². The fourth-order valence-corrected chi connectivity index (χ4v) is 2.63. The third kappa shape index (κ3) is 2.98. The minimum absolute atomic E-state index is 0.342. The van der Waals surface area contributed by atoms with Crippen LogP contribution in [0.25, 0.3) is 11.1 Å². The lowest BCUT2D eigenvalue weighted by molar-refractivity contribution is 0.112. The molecule has 0 saturated carbocycles. The van der Waals surface area contributed by atoms with E-state index >= 15 is 0 Å². The molecule has 0 aliphatic rings. The maximum atomic E-state index is 11.1. The highest BCUT2D eigenvalue weighted by molar-refractivity contribution is 5.83. The highest BCUT2D eigenvalue weighted by atomic mass is 16.5. The Bertz CT molecular complexity index is 687. The van der Waals surface area contributed by atoms with Crippen molar-refractivity contribution in [2.75, 3.05) is 14.2 Å². The number of aldehydes is 1. The van der Waals surface area contributed by atoms with Gasteiger partial charge in [-0.1, -0.05) is 13.8 Å². The molecule has 0 aromatic heterocycles. The Labute approximate surface area is 131 Å². The fourth-order valence-electron chi connectivity index (χ4n) is 2.63. The molecule has 2 rings (SSSR count). The summed E-state index contributed by atoms with van der Waals surface area (Å²) in [4.78, 5) is 11.1. The molecule has 0 radical (unpaired) electrons. The molecule has 0 heterocycles. The molecule has 3 heteroatoms. The third-order valence-corrected chi connectivity index (χ3v) is 3.85. The molecule has 0 bridgehead atoms. The number of hydrogen-bond donors (Lipinski definition) is 0. The SMILES string of the molecule is COc1ccc(C=O)cc1-c1cc(C(C)C)c(OC)cc1C. The topological polar surface area (TPSA) is 35.5 Å². The van der Waals surface area contributed by atoms with Crippen LogP contribution in [0.3, 0.4) is 0 Å². The van der Waals surface area contributed by atoms with Crippen LogP contribution < -0.4 is 9.47 Å². The predicted molar refractivity (Wildman–Crippen MR) is 89.2 cm³/mol. The minimum Gasteiger partial charge on any atom is -0.496 e. The van der Waals surface area contributed by atoms with Crippen LogP contribution in [0.2, 0.25) is 0 Å². The van der Waals surface area contributed by atoms with E-state index in [1.807, 2.05) is 25.1 Å². The molecule has 2 aromatic carbocycles. The van der Waals surface area contributed by atoms with Crippen molar-refractivity contribution in [2.45, 2.75) is 26.7 Å². The van der Waals surface area contributed by atoms with Crippen molar-refractivity contribution in [3.05, 3.63) is 47.0 Å². The van der Waals surface area contributed by atoms with Crippen LogP contribution in [0.5, 0.6) is 11.5 Å². The normalized spacial score (nSPS) is 10.6. The summed E-state index contributed by atoms with van der Waals surface area (Å²) in [6.45, 7) is 6.31. The molecule has 22 heavy (non-hydrogen) atoms. The molecule has 0 aliphatic carbocycles. The van der Waals surface area contributed by atoms with E-state index in [-0.39, 0.29) is 0 Å². The molecule has 0 saturated heterocycles. The smallest absolute Gasteiger partial charge is 0.150 e. The zero-order valence-corrected chi connectivity index (χ0v) is 13.8. The molecule has 0 N–H and O–H groups in total. The summed E-state index contributed by atoms with van der Waals surface area (Å²) in [5.74, 6) is 1.99. The minimum atomic E-state index is 0.342. The largest absolute Gasteiger partial charge is 0.496 e. The van der Waals surface area contributed by atoms with E-state index in [9.17, 15) is 4.79 Å². The second kappa shape index (κ2) is 6.65. The molecule has 0 atom stereocenters. The van der Waals surface area contributed by atoms with Crippen molar-refractivity contribution in [3.63, 3.8) is 0 Å². The van der Waals surface area contributed by atoms with Gasteiger partial charge in [0.1, 0.15) is 17.8 Å². The van der Waals surface area contributed by atoms with Gasteiger partial charge in [-0.25, -0.2) is 0 Å². The van der Waals surface area contributed by atoms with Gasteiger partial charge >= 0.3 is 0 Å². The maximum absolute atomic E-state index is 11.1. The van der Waals surface area contributed by atoms with Gasteiger partial charge in [0, 0.05) is 11.1 Å². The second-order valence-electron chi connectivity index (χ2n) is 5.64. The summed E-state index contributed by atoms with van der Waals surface area (Å²) < 4.78 is 11.0. The molecule has 3 nitrogen and oxygen atoms in total. The van der Waals surface area contributed by atoms with Gasteiger partial charge in [0.25, 0.3) is 0 Å². The first-order valence-electron chi connectivity index (χ1n) is 7.34. The molecule has 0 unspecified atom stereocenters. The zero-order chi connectivity index (χ0) is 16.3. The first kappa shape index (κ1) is 16.1. The molecule has 2 aromatic rings. The van der Waals surface area contributed by atoms with Gasteiger partial charge in [0.2, 0.25) is 0 Å². The predicted octanol–water partition coefficient (Wildman–Crippen LogP) is 4.62. The molecular weight excluding hydrogens is 276 g/mol. The van der Waals surface area contributed by atoms with E-state index in [0.29, 0.717) is 11.5 Å². The Balaban J connectivity index is 2.71.